The largest absolute Gasteiger partial charge is 0.481 e. The third-order valence-electron chi connectivity index (χ3n) is 1.42. The first-order chi connectivity index (χ1) is 5.25. The van der Waals surface area contributed by atoms with Crippen LogP contribution >= 0.6 is 24.0 Å². The fourth-order valence-corrected chi connectivity index (χ4v) is 1.04. The molecule has 1 atom stereocenters. The second-order valence-corrected chi connectivity index (χ2v) is 2.87. The summed E-state index contributed by atoms with van der Waals surface area (Å²) in [6.45, 7) is 1.89. The third kappa shape index (κ3) is 2.54. The number of halogens is 2. The fraction of sp³-hybridized carbons (Fsp3) is 0.375. The summed E-state index contributed by atoms with van der Waals surface area (Å²) >= 11 is 5.87. The van der Waals surface area contributed by atoms with Gasteiger partial charge < -0.3 is 4.74 Å². The van der Waals surface area contributed by atoms with E-state index in [1.807, 2.05) is 19.1 Å². The van der Waals surface area contributed by atoms with Crippen molar-refractivity contribution >= 4 is 24.0 Å². The van der Waals surface area contributed by atoms with Crippen LogP contribution in [0.3, 0.4) is 0 Å². The van der Waals surface area contributed by atoms with Gasteiger partial charge in [-0.3, -0.25) is 0 Å². The molecular formula is C8H11Cl2NO. The monoisotopic (exact) mass is 207 g/mol. The molecule has 0 saturated heterocycles. The molecule has 0 amide bonds. The van der Waals surface area contributed by atoms with Gasteiger partial charge in [0.25, 0.3) is 0 Å². The van der Waals surface area contributed by atoms with Crippen molar-refractivity contribution in [2.24, 2.45) is 0 Å². The van der Waals surface area contributed by atoms with Crippen LogP contribution in [0.1, 0.15) is 17.9 Å². The molecule has 0 N–H and O–H groups in total. The zero-order chi connectivity index (χ0) is 8.27. The SMILES string of the molecule is COc1ncccc1C(C)Cl.Cl. The Morgan fingerprint density at radius 3 is 2.67 bits per heavy atom. The number of aromatic nitrogens is 1. The molecule has 0 radical (unpaired) electrons. The van der Waals surface area contributed by atoms with Crippen molar-refractivity contribution in [1.29, 1.82) is 0 Å². The second kappa shape index (κ2) is 5.22. The van der Waals surface area contributed by atoms with E-state index in [9.17, 15) is 0 Å². The Bertz CT molecular complexity index is 240. The van der Waals surface area contributed by atoms with E-state index in [0.29, 0.717) is 5.88 Å². The zero-order valence-corrected chi connectivity index (χ0v) is 8.52. The molecule has 0 aliphatic rings. The maximum absolute atomic E-state index is 5.87. The van der Waals surface area contributed by atoms with E-state index in [-0.39, 0.29) is 17.8 Å². The molecule has 1 aromatic rings. The quantitative estimate of drug-likeness (QED) is 0.697. The van der Waals surface area contributed by atoms with E-state index >= 15 is 0 Å². The first-order valence-electron chi connectivity index (χ1n) is 3.38. The molecule has 0 aliphatic carbocycles. The Morgan fingerprint density at radius 2 is 2.25 bits per heavy atom. The Labute approximate surface area is 83.3 Å². The number of ether oxygens (including phenoxy) is 1. The Balaban J connectivity index is 0.00000121. The predicted octanol–water partition coefficient (Wildman–Crippen LogP) is 2.81. The van der Waals surface area contributed by atoms with Crippen LogP contribution in [0.25, 0.3) is 0 Å². The maximum Gasteiger partial charge on any atom is 0.217 e. The van der Waals surface area contributed by atoms with E-state index in [1.165, 1.54) is 0 Å². The highest BCUT2D eigenvalue weighted by Crippen LogP contribution is 2.26. The van der Waals surface area contributed by atoms with Crippen LogP contribution in [0.15, 0.2) is 18.3 Å². The Morgan fingerprint density at radius 1 is 1.58 bits per heavy atom. The summed E-state index contributed by atoms with van der Waals surface area (Å²) in [5, 5.41) is -0.0568. The van der Waals surface area contributed by atoms with Gasteiger partial charge in [-0.05, 0) is 13.0 Å². The molecule has 0 aliphatic heterocycles. The fourth-order valence-electron chi connectivity index (χ4n) is 0.877. The summed E-state index contributed by atoms with van der Waals surface area (Å²) in [5.41, 5.74) is 0.927. The third-order valence-corrected chi connectivity index (χ3v) is 1.66. The molecule has 1 heterocycles. The minimum atomic E-state index is -0.0568. The van der Waals surface area contributed by atoms with Crippen molar-refractivity contribution in [2.45, 2.75) is 12.3 Å². The molecule has 1 unspecified atom stereocenters. The van der Waals surface area contributed by atoms with E-state index in [2.05, 4.69) is 4.98 Å². The minimum absolute atomic E-state index is 0. The lowest BCUT2D eigenvalue weighted by Gasteiger charge is -2.07. The molecule has 4 heteroatoms. The Hall–Kier alpha value is -0.470. The van der Waals surface area contributed by atoms with Crippen LogP contribution in [-0.2, 0) is 0 Å². The molecule has 0 saturated carbocycles. The topological polar surface area (TPSA) is 22.1 Å². The summed E-state index contributed by atoms with van der Waals surface area (Å²) in [4.78, 5) is 4.01. The van der Waals surface area contributed by atoms with E-state index < -0.39 is 0 Å². The average molecular weight is 208 g/mol. The van der Waals surface area contributed by atoms with Gasteiger partial charge in [0.2, 0.25) is 5.88 Å². The molecule has 0 bridgehead atoms. The van der Waals surface area contributed by atoms with E-state index in [4.69, 9.17) is 16.3 Å². The van der Waals surface area contributed by atoms with Crippen molar-refractivity contribution in [3.8, 4) is 5.88 Å². The number of rotatable bonds is 2. The van der Waals surface area contributed by atoms with Crippen LogP contribution < -0.4 is 4.74 Å². The number of hydrogen-bond donors (Lipinski definition) is 0. The molecule has 1 rings (SSSR count). The van der Waals surface area contributed by atoms with Crippen LogP contribution in [0.2, 0.25) is 0 Å². The van der Waals surface area contributed by atoms with Crippen molar-refractivity contribution in [3.63, 3.8) is 0 Å². The van der Waals surface area contributed by atoms with Gasteiger partial charge in [0, 0.05) is 11.8 Å². The summed E-state index contributed by atoms with van der Waals surface area (Å²) in [5.74, 6) is 0.606. The molecule has 0 spiro atoms. The lowest BCUT2D eigenvalue weighted by Crippen LogP contribution is -1.94. The standard InChI is InChI=1S/C8H10ClNO.ClH/c1-6(9)7-4-3-5-10-8(7)11-2;/h3-6H,1-2H3;1H. The lowest BCUT2D eigenvalue weighted by molar-refractivity contribution is 0.392. The van der Waals surface area contributed by atoms with Gasteiger partial charge >= 0.3 is 0 Å². The van der Waals surface area contributed by atoms with Gasteiger partial charge in [0.05, 0.1) is 12.5 Å². The Kier molecular flexibility index (Phi) is 5.02. The molecule has 2 nitrogen and oxygen atoms in total. The van der Waals surface area contributed by atoms with E-state index in [0.717, 1.165) is 5.56 Å². The molecule has 0 fully saturated rings. The normalized spacial score (nSPS) is 11.6. The summed E-state index contributed by atoms with van der Waals surface area (Å²) in [7, 11) is 1.59. The van der Waals surface area contributed by atoms with Crippen LogP contribution in [0.5, 0.6) is 5.88 Å². The smallest absolute Gasteiger partial charge is 0.217 e. The van der Waals surface area contributed by atoms with Crippen molar-refractivity contribution in [2.75, 3.05) is 7.11 Å². The predicted molar refractivity (Wildman–Crippen MR) is 52.3 cm³/mol. The summed E-state index contributed by atoms with van der Waals surface area (Å²) in [6.07, 6.45) is 1.68. The summed E-state index contributed by atoms with van der Waals surface area (Å²) in [6, 6.07) is 3.75. The van der Waals surface area contributed by atoms with Crippen LogP contribution in [0.4, 0.5) is 0 Å². The second-order valence-electron chi connectivity index (χ2n) is 2.22. The van der Waals surface area contributed by atoms with Gasteiger partial charge in [-0.1, -0.05) is 6.07 Å². The molecule has 12 heavy (non-hydrogen) atoms. The zero-order valence-electron chi connectivity index (χ0n) is 6.95. The average Bonchev–Trinajstić information content (AvgIpc) is 2.04. The molecule has 1 aromatic heterocycles. The van der Waals surface area contributed by atoms with Gasteiger partial charge in [0.1, 0.15) is 0 Å². The number of hydrogen-bond acceptors (Lipinski definition) is 2. The molecule has 0 aromatic carbocycles. The number of methoxy groups -OCH3 is 1. The van der Waals surface area contributed by atoms with Gasteiger partial charge in [-0.25, -0.2) is 4.98 Å². The van der Waals surface area contributed by atoms with Gasteiger partial charge in [0.15, 0.2) is 0 Å². The number of nitrogens with zero attached hydrogens (tertiary/aromatic N) is 1. The van der Waals surface area contributed by atoms with Gasteiger partial charge in [-0.15, -0.1) is 24.0 Å². The maximum atomic E-state index is 5.87. The summed E-state index contributed by atoms with van der Waals surface area (Å²) < 4.78 is 5.01. The molecule has 68 valence electrons. The van der Waals surface area contributed by atoms with Gasteiger partial charge in [-0.2, -0.15) is 0 Å². The van der Waals surface area contributed by atoms with Crippen molar-refractivity contribution < 1.29 is 4.74 Å². The van der Waals surface area contributed by atoms with Crippen molar-refractivity contribution in [3.05, 3.63) is 23.9 Å². The number of alkyl halides is 1. The number of pyridine rings is 1. The highest BCUT2D eigenvalue weighted by atomic mass is 35.5. The first-order valence-corrected chi connectivity index (χ1v) is 3.82. The lowest BCUT2D eigenvalue weighted by atomic mass is 10.2. The van der Waals surface area contributed by atoms with Crippen molar-refractivity contribution in [1.82, 2.24) is 4.98 Å². The van der Waals surface area contributed by atoms with Crippen LogP contribution in [0, 0.1) is 0 Å². The highest BCUT2D eigenvalue weighted by molar-refractivity contribution is 6.20. The van der Waals surface area contributed by atoms with Crippen LogP contribution in [-0.4, -0.2) is 12.1 Å². The highest BCUT2D eigenvalue weighted by Gasteiger charge is 2.07. The van der Waals surface area contributed by atoms with E-state index in [1.54, 1.807) is 13.3 Å². The molecular weight excluding hydrogens is 197 g/mol. The first kappa shape index (κ1) is 11.5. The minimum Gasteiger partial charge on any atom is -0.481 e.